The second-order valence-electron chi connectivity index (χ2n) is 2.42. The maximum Gasteiger partial charge on any atom is 0.125 e. The lowest BCUT2D eigenvalue weighted by atomic mass is 10.2. The first-order chi connectivity index (χ1) is 5.29. The van der Waals surface area contributed by atoms with Crippen molar-refractivity contribution in [1.82, 2.24) is 9.55 Å². The molecule has 1 atom stereocenters. The molecule has 58 valence electrons. The van der Waals surface area contributed by atoms with E-state index in [1.807, 2.05) is 24.6 Å². The predicted molar refractivity (Wildman–Crippen MR) is 41.9 cm³/mol. The molecule has 0 bridgehead atoms. The van der Waals surface area contributed by atoms with Gasteiger partial charge in [0.25, 0.3) is 0 Å². The van der Waals surface area contributed by atoms with Gasteiger partial charge in [-0.2, -0.15) is 5.26 Å². The number of hydrogen-bond acceptors (Lipinski definition) is 2. The van der Waals surface area contributed by atoms with Gasteiger partial charge in [0.05, 0.1) is 6.07 Å². The van der Waals surface area contributed by atoms with Crippen LogP contribution in [0.4, 0.5) is 0 Å². The van der Waals surface area contributed by atoms with Crippen molar-refractivity contribution in [3.05, 3.63) is 18.2 Å². The molecule has 1 heterocycles. The highest BCUT2D eigenvalue weighted by Crippen LogP contribution is 2.10. The van der Waals surface area contributed by atoms with E-state index in [4.69, 9.17) is 5.26 Å². The molecule has 0 aliphatic carbocycles. The van der Waals surface area contributed by atoms with Crippen LogP contribution in [0.3, 0.4) is 0 Å². The largest absolute Gasteiger partial charge is 0.334 e. The van der Waals surface area contributed by atoms with Gasteiger partial charge in [-0.05, 0) is 13.8 Å². The molecule has 0 N–H and O–H groups in total. The van der Waals surface area contributed by atoms with Gasteiger partial charge in [0, 0.05) is 18.9 Å². The van der Waals surface area contributed by atoms with E-state index in [2.05, 4.69) is 11.1 Å². The fourth-order valence-electron chi connectivity index (χ4n) is 1.03. The number of aromatic nitrogens is 2. The lowest BCUT2D eigenvalue weighted by Gasteiger charge is -2.04. The van der Waals surface area contributed by atoms with E-state index in [9.17, 15) is 0 Å². The van der Waals surface area contributed by atoms with Crippen molar-refractivity contribution in [3.63, 3.8) is 0 Å². The van der Waals surface area contributed by atoms with Crippen molar-refractivity contribution in [2.75, 3.05) is 0 Å². The van der Waals surface area contributed by atoms with E-state index in [0.29, 0.717) is 0 Å². The normalized spacial score (nSPS) is 12.5. The molecule has 1 rings (SSSR count). The van der Waals surface area contributed by atoms with Crippen LogP contribution < -0.4 is 0 Å². The molecule has 1 aromatic rings. The first-order valence-electron chi connectivity index (χ1n) is 3.70. The molecule has 1 aromatic heterocycles. The van der Waals surface area contributed by atoms with Gasteiger partial charge in [-0.25, -0.2) is 4.98 Å². The van der Waals surface area contributed by atoms with Crippen LogP contribution in [-0.2, 0) is 6.54 Å². The number of imidazole rings is 1. The van der Waals surface area contributed by atoms with E-state index in [1.165, 1.54) is 0 Å². The highest BCUT2D eigenvalue weighted by atomic mass is 15.1. The molecular formula is C8H11N3. The standard InChI is InChI=1S/C8H11N3/c1-3-11-5-4-10-8(11)7(2)6-9/h4-5,7H,3H2,1-2H3. The average molecular weight is 149 g/mol. The van der Waals surface area contributed by atoms with Crippen LogP contribution in [0, 0.1) is 11.3 Å². The molecule has 0 spiro atoms. The van der Waals surface area contributed by atoms with Crippen molar-refractivity contribution in [1.29, 1.82) is 5.26 Å². The van der Waals surface area contributed by atoms with Crippen molar-refractivity contribution in [3.8, 4) is 6.07 Å². The fourth-order valence-corrected chi connectivity index (χ4v) is 1.03. The van der Waals surface area contributed by atoms with Gasteiger partial charge in [0.2, 0.25) is 0 Å². The highest BCUT2D eigenvalue weighted by molar-refractivity contribution is 5.07. The third-order valence-corrected chi connectivity index (χ3v) is 1.67. The molecule has 11 heavy (non-hydrogen) atoms. The number of hydrogen-bond donors (Lipinski definition) is 0. The first-order valence-corrected chi connectivity index (χ1v) is 3.70. The third kappa shape index (κ3) is 1.40. The molecule has 3 heteroatoms. The minimum absolute atomic E-state index is 0.107. The third-order valence-electron chi connectivity index (χ3n) is 1.67. The Morgan fingerprint density at radius 1 is 1.82 bits per heavy atom. The summed E-state index contributed by atoms with van der Waals surface area (Å²) in [6, 6.07) is 2.16. The van der Waals surface area contributed by atoms with E-state index in [0.717, 1.165) is 12.4 Å². The average Bonchev–Trinajstić information content (AvgIpc) is 2.50. The van der Waals surface area contributed by atoms with Crippen LogP contribution in [0.2, 0.25) is 0 Å². The van der Waals surface area contributed by atoms with Crippen molar-refractivity contribution in [2.24, 2.45) is 0 Å². The molecule has 0 aliphatic heterocycles. The summed E-state index contributed by atoms with van der Waals surface area (Å²) in [4.78, 5) is 4.10. The number of nitriles is 1. The van der Waals surface area contributed by atoms with E-state index < -0.39 is 0 Å². The monoisotopic (exact) mass is 149 g/mol. The summed E-state index contributed by atoms with van der Waals surface area (Å²) in [6.45, 7) is 4.77. The Balaban J connectivity index is 2.94. The van der Waals surface area contributed by atoms with Crippen LogP contribution in [0.15, 0.2) is 12.4 Å². The lowest BCUT2D eigenvalue weighted by molar-refractivity contribution is 0.682. The maximum absolute atomic E-state index is 8.62. The summed E-state index contributed by atoms with van der Waals surface area (Å²) in [5.74, 6) is 0.750. The van der Waals surface area contributed by atoms with E-state index in [-0.39, 0.29) is 5.92 Å². The van der Waals surface area contributed by atoms with Crippen molar-refractivity contribution >= 4 is 0 Å². The zero-order valence-corrected chi connectivity index (χ0v) is 6.78. The first kappa shape index (κ1) is 7.80. The van der Waals surface area contributed by atoms with Gasteiger partial charge in [-0.3, -0.25) is 0 Å². The molecule has 0 amide bonds. The summed E-state index contributed by atoms with van der Waals surface area (Å²) in [7, 11) is 0. The molecule has 0 aliphatic rings. The summed E-state index contributed by atoms with van der Waals surface area (Å²) in [5.41, 5.74) is 0. The molecule has 0 aromatic carbocycles. The maximum atomic E-state index is 8.62. The summed E-state index contributed by atoms with van der Waals surface area (Å²) in [5, 5.41) is 8.62. The Morgan fingerprint density at radius 2 is 2.55 bits per heavy atom. The zero-order valence-electron chi connectivity index (χ0n) is 6.78. The number of nitrogens with zero attached hydrogens (tertiary/aromatic N) is 3. The second kappa shape index (κ2) is 3.20. The summed E-state index contributed by atoms with van der Waals surface area (Å²) in [6.07, 6.45) is 3.62. The highest BCUT2D eigenvalue weighted by Gasteiger charge is 2.08. The van der Waals surface area contributed by atoms with Crippen LogP contribution in [0.25, 0.3) is 0 Å². The van der Waals surface area contributed by atoms with E-state index >= 15 is 0 Å². The Kier molecular flexibility index (Phi) is 2.27. The molecule has 0 saturated heterocycles. The Labute approximate surface area is 66.3 Å². The lowest BCUT2D eigenvalue weighted by Crippen LogP contribution is -2.03. The smallest absolute Gasteiger partial charge is 0.125 e. The Hall–Kier alpha value is -1.30. The SMILES string of the molecule is CCn1ccnc1C(C)C#N. The quantitative estimate of drug-likeness (QED) is 0.639. The Bertz CT molecular complexity index is 269. The van der Waals surface area contributed by atoms with Crippen LogP contribution in [0.1, 0.15) is 25.6 Å². The van der Waals surface area contributed by atoms with Gasteiger partial charge >= 0.3 is 0 Å². The van der Waals surface area contributed by atoms with Gasteiger partial charge < -0.3 is 4.57 Å². The predicted octanol–water partition coefficient (Wildman–Crippen LogP) is 1.53. The zero-order chi connectivity index (χ0) is 8.27. The minimum atomic E-state index is -0.107. The number of rotatable bonds is 2. The topological polar surface area (TPSA) is 41.6 Å². The van der Waals surface area contributed by atoms with Gasteiger partial charge in [-0.1, -0.05) is 0 Å². The second-order valence-corrected chi connectivity index (χ2v) is 2.42. The van der Waals surface area contributed by atoms with Crippen LogP contribution >= 0.6 is 0 Å². The summed E-state index contributed by atoms with van der Waals surface area (Å²) >= 11 is 0. The molecule has 1 unspecified atom stereocenters. The molecule has 0 saturated carbocycles. The van der Waals surface area contributed by atoms with Gasteiger partial charge in [0.1, 0.15) is 11.7 Å². The van der Waals surface area contributed by atoms with Gasteiger partial charge in [-0.15, -0.1) is 0 Å². The molecular weight excluding hydrogens is 138 g/mol. The fraction of sp³-hybridized carbons (Fsp3) is 0.500. The van der Waals surface area contributed by atoms with Gasteiger partial charge in [0.15, 0.2) is 0 Å². The summed E-state index contributed by atoms with van der Waals surface area (Å²) < 4.78 is 1.98. The van der Waals surface area contributed by atoms with Crippen LogP contribution in [-0.4, -0.2) is 9.55 Å². The van der Waals surface area contributed by atoms with Crippen molar-refractivity contribution in [2.45, 2.75) is 26.3 Å². The molecule has 3 nitrogen and oxygen atoms in total. The van der Waals surface area contributed by atoms with Crippen molar-refractivity contribution < 1.29 is 0 Å². The molecule has 0 fully saturated rings. The van der Waals surface area contributed by atoms with Crippen LogP contribution in [0.5, 0.6) is 0 Å². The van der Waals surface area contributed by atoms with E-state index in [1.54, 1.807) is 6.20 Å². The minimum Gasteiger partial charge on any atom is -0.334 e. The Morgan fingerprint density at radius 3 is 3.09 bits per heavy atom. The molecule has 0 radical (unpaired) electrons. The number of aryl methyl sites for hydroxylation is 1.